The second kappa shape index (κ2) is 15.2. The van der Waals surface area contributed by atoms with Crippen molar-refractivity contribution in [1.82, 2.24) is 10.6 Å². The summed E-state index contributed by atoms with van der Waals surface area (Å²) in [5.74, 6) is -10.3. The lowest BCUT2D eigenvalue weighted by molar-refractivity contribution is -0.167. The molecule has 111 heavy (non-hydrogen) atoms. The van der Waals surface area contributed by atoms with Crippen molar-refractivity contribution < 1.29 is 88.1 Å². The third-order valence-electron chi connectivity index (χ3n) is 32.3. The topological polar surface area (TPSA) is 335 Å². The van der Waals surface area contributed by atoms with Gasteiger partial charge in [0.1, 0.15) is 0 Å². The Morgan fingerprint density at radius 3 is 0.514 bits per heavy atom. The van der Waals surface area contributed by atoms with Gasteiger partial charge in [-0.15, -0.1) is 0 Å². The number of aliphatic carboxylic acids is 6. The minimum Gasteiger partial charge on any atom is -0.481 e. The summed E-state index contributed by atoms with van der Waals surface area (Å²) >= 11 is 0. The van der Waals surface area contributed by atoms with E-state index in [9.17, 15) is 69.0 Å². The number of esters is 2. The van der Waals surface area contributed by atoms with Gasteiger partial charge in [0.25, 0.3) is 0 Å². The molecular formula is C91H44N2O18. The summed E-state index contributed by atoms with van der Waals surface area (Å²) < 4.78 is 14.0. The Bertz CT molecular complexity index is 8190. The Morgan fingerprint density at radius 1 is 0.225 bits per heavy atom. The number of amides is 2. The highest BCUT2D eigenvalue weighted by molar-refractivity contribution is 6.82. The van der Waals surface area contributed by atoms with E-state index >= 15 is 9.59 Å². The quantitative estimate of drug-likeness (QED) is 0.00897. The molecule has 20 nitrogen and oxygen atoms in total. The van der Waals surface area contributed by atoms with E-state index in [4.69, 9.17) is 9.47 Å². The van der Waals surface area contributed by atoms with Gasteiger partial charge in [0, 0.05) is 62.4 Å². The summed E-state index contributed by atoms with van der Waals surface area (Å²) in [5.41, 5.74) is -4.69. The zero-order valence-electron chi connectivity index (χ0n) is 57.8. The van der Waals surface area contributed by atoms with Gasteiger partial charge in [-0.1, -0.05) is 0 Å². The normalized spacial score (nSPS) is 17.0. The molecule has 2 amide bonds. The van der Waals surface area contributed by atoms with E-state index in [0.29, 0.717) is 0 Å². The summed E-state index contributed by atoms with van der Waals surface area (Å²) in [7, 11) is 0. The molecule has 28 aromatic carbocycles. The van der Waals surface area contributed by atoms with Gasteiger partial charge in [0.15, 0.2) is 5.41 Å². The number of benzene rings is 18. The van der Waals surface area contributed by atoms with Crippen LogP contribution < -0.4 is 10.6 Å². The minimum atomic E-state index is -2.28. The highest BCUT2D eigenvalue weighted by Gasteiger charge is 3.01. The molecule has 5 aliphatic carbocycles. The van der Waals surface area contributed by atoms with Crippen LogP contribution in [0.1, 0.15) is 125 Å². The van der Waals surface area contributed by atoms with Crippen molar-refractivity contribution in [3.05, 3.63) is 22.3 Å². The highest BCUT2D eigenvalue weighted by atomic mass is 16.6. The van der Waals surface area contributed by atoms with E-state index in [1.807, 2.05) is 0 Å². The molecule has 0 atom stereocenters. The van der Waals surface area contributed by atoms with Gasteiger partial charge in [-0.25, -0.2) is 0 Å². The summed E-state index contributed by atoms with van der Waals surface area (Å²) in [6.07, 6.45) is -5.40. The van der Waals surface area contributed by atoms with Crippen molar-refractivity contribution in [2.45, 2.75) is 125 Å². The lowest BCUT2D eigenvalue weighted by Crippen LogP contribution is -2.49. The number of hydrogen-bond acceptors (Lipinski definition) is 12. The third kappa shape index (κ3) is 4.38. The second-order valence-electron chi connectivity index (χ2n) is 35.5. The summed E-state index contributed by atoms with van der Waals surface area (Å²) in [4.78, 5) is 138. The predicted molar refractivity (Wildman–Crippen MR) is 420 cm³/mol. The van der Waals surface area contributed by atoms with Crippen LogP contribution in [0.5, 0.6) is 0 Å². The zero-order chi connectivity index (χ0) is 73.3. The Hall–Kier alpha value is -12.8. The Balaban J connectivity index is 0.680. The highest BCUT2D eigenvalue weighted by Crippen LogP contribution is 2.97. The van der Waals surface area contributed by atoms with Crippen LogP contribution in [0.2, 0.25) is 0 Å². The summed E-state index contributed by atoms with van der Waals surface area (Å²) in [6, 6.07) is 0. The summed E-state index contributed by atoms with van der Waals surface area (Å²) in [6.45, 7) is -0.821. The first-order chi connectivity index (χ1) is 53.8. The minimum absolute atomic E-state index is 0.130. The zero-order valence-corrected chi connectivity index (χ0v) is 57.8. The van der Waals surface area contributed by atoms with Gasteiger partial charge in [0.05, 0.1) is 24.0 Å². The third-order valence-corrected chi connectivity index (χ3v) is 32.3. The van der Waals surface area contributed by atoms with E-state index in [1.54, 1.807) is 0 Å². The molecular weight excluding hydrogens is 1410 g/mol. The maximum atomic E-state index is 18.0. The molecule has 0 aromatic heterocycles. The van der Waals surface area contributed by atoms with Crippen LogP contribution >= 0.6 is 0 Å². The lowest BCUT2D eigenvalue weighted by atomic mass is 9.68. The smallest absolute Gasteiger partial charge is 0.326 e. The Kier molecular flexibility index (Phi) is 7.60. The molecule has 0 bridgehead atoms. The van der Waals surface area contributed by atoms with Crippen molar-refractivity contribution in [1.29, 1.82) is 0 Å². The second-order valence-corrected chi connectivity index (χ2v) is 35.5. The number of rotatable bonds is 30. The van der Waals surface area contributed by atoms with Crippen LogP contribution in [0.4, 0.5) is 0 Å². The van der Waals surface area contributed by atoms with E-state index in [2.05, 4.69) is 10.6 Å². The average Bonchev–Trinajstić information content (AvgIpc) is 1.34. The fourth-order valence-corrected chi connectivity index (χ4v) is 30.2. The molecule has 1 fully saturated rings. The van der Waals surface area contributed by atoms with Crippen molar-refractivity contribution in [3.63, 3.8) is 0 Å². The fourth-order valence-electron chi connectivity index (χ4n) is 30.2. The van der Waals surface area contributed by atoms with E-state index in [0.717, 1.165) is 65.3 Å². The molecule has 0 aliphatic heterocycles. The summed E-state index contributed by atoms with van der Waals surface area (Å²) in [5, 5.41) is 134. The first-order valence-corrected chi connectivity index (χ1v) is 38.8. The maximum Gasteiger partial charge on any atom is 0.326 e. The van der Waals surface area contributed by atoms with Gasteiger partial charge in [0.2, 0.25) is 11.8 Å². The molecule has 20 heteroatoms. The largest absolute Gasteiger partial charge is 0.481 e. The lowest BCUT2D eigenvalue weighted by Gasteiger charge is -2.34. The monoisotopic (exact) mass is 1450 g/mol. The number of carbonyl (C=O) groups is 10. The number of carbonyl (C=O) groups excluding carboxylic acids is 4. The van der Waals surface area contributed by atoms with Gasteiger partial charge < -0.3 is 50.7 Å². The van der Waals surface area contributed by atoms with Crippen LogP contribution in [0.15, 0.2) is 0 Å². The van der Waals surface area contributed by atoms with Crippen molar-refractivity contribution >= 4 is 350 Å². The molecule has 0 radical (unpaired) electrons. The van der Waals surface area contributed by atoms with Crippen molar-refractivity contribution in [2.75, 3.05) is 13.2 Å². The van der Waals surface area contributed by atoms with Gasteiger partial charge in [-0.05, 0) is 364 Å². The molecule has 0 saturated heterocycles. The Labute approximate surface area is 611 Å². The van der Waals surface area contributed by atoms with Crippen molar-refractivity contribution in [2.24, 2.45) is 5.41 Å². The number of nitrogens with one attached hydrogen (secondary N) is 2. The van der Waals surface area contributed by atoms with Crippen LogP contribution in [0, 0.1) is 5.41 Å². The molecule has 0 heterocycles. The number of carboxylic acid groups (broad SMARTS) is 6. The van der Waals surface area contributed by atoms with Crippen LogP contribution in [-0.2, 0) is 68.2 Å². The number of ether oxygens (including phenoxy) is 2. The van der Waals surface area contributed by atoms with Crippen LogP contribution in [0.3, 0.4) is 0 Å². The predicted octanol–water partition coefficient (Wildman–Crippen LogP) is 16.8. The molecule has 526 valence electrons. The first-order valence-electron chi connectivity index (χ1n) is 38.8. The van der Waals surface area contributed by atoms with Gasteiger partial charge in [-0.2, -0.15) is 0 Å². The van der Waals surface area contributed by atoms with E-state index in [1.165, 1.54) is 248 Å². The van der Waals surface area contributed by atoms with Gasteiger partial charge in [-0.3, -0.25) is 47.9 Å². The average molecular weight is 1450 g/mol. The standard InChI is InChI=1S/C91H44N2O18/c94-19(92-87(11-5-21(96)97,12-6-22(98)99)13-7-23(100)101)3-1-17-110-85(108)91(86(109)111-18-2-4-20(95)93-88(14-8-24(102)103,15-9-25(104)105)16-10-26(106)107)89-81-73-65-55-45-37-29-27-28-31-35-33(29)41-49-43(35)53-47-39(31)40-32(28)36-34-30(27)38(37)46-52-42(34)50-44(36)54-48(40)58-57(47)67-61(53)71-63(49)69(59(65)51(41)45)77(81)79(71)83-75(67)76-68(58)62(54)72-64(50)70-60(52)66(56(46)55)74(73)82(89)78(70)80(72)84(76)90(83,89)91/h1-18H2,(H,92,94)(H,93,95)(H,96,97)(H,98,99)(H,100,101)(H,102,103)(H,104,105)(H,106,107). The molecule has 5 aliphatic rings. The molecule has 2 spiro atoms. The molecule has 0 unspecified atom stereocenters. The molecule has 33 rings (SSSR count). The van der Waals surface area contributed by atoms with Crippen LogP contribution in [0.25, 0.3) is 291 Å². The SMILES string of the molecule is O=C(O)CCC(CCC(=O)O)(CCC(=O)O)NC(=O)CCCOC(=O)C1(C(=O)OCCCC(=O)NC(CCC(=O)O)(CCC(=O)O)CCC(=O)O)C23c4c5c6c7c8c9c(c%10c%11c2c2c4c4c%12c5c5c6c6c8c8c%13c9c9c%10c%10c%11c%11c2c2c4c4c%12c%12c5c5c6c8c6c8c%13c9c9c%10c%10c%11c2c2c4c4c%12c5c6c5c8c9c%10c2c45)C713. The molecule has 28 aromatic rings. The Morgan fingerprint density at radius 2 is 0.369 bits per heavy atom. The van der Waals surface area contributed by atoms with Crippen LogP contribution in [-0.4, -0.2) is 114 Å². The van der Waals surface area contributed by atoms with Crippen molar-refractivity contribution in [3.8, 4) is 0 Å². The first kappa shape index (κ1) is 55.5. The molecule has 1 saturated carbocycles. The number of hydrogen-bond donors (Lipinski definition) is 8. The maximum absolute atomic E-state index is 18.0. The number of carboxylic acids is 6. The fraction of sp³-hybridized carbons (Fsp3) is 0.253. The molecule has 8 N–H and O–H groups in total. The van der Waals surface area contributed by atoms with E-state index in [-0.39, 0.29) is 64.2 Å². The van der Waals surface area contributed by atoms with Gasteiger partial charge >= 0.3 is 47.8 Å². The van der Waals surface area contributed by atoms with E-state index < -0.39 is 139 Å².